The van der Waals surface area contributed by atoms with Crippen LogP contribution in [0.1, 0.15) is 45.9 Å². The summed E-state index contributed by atoms with van der Waals surface area (Å²) in [5, 5.41) is 0. The minimum atomic E-state index is 0.464. The lowest BCUT2D eigenvalue weighted by atomic mass is 9.82. The summed E-state index contributed by atoms with van der Waals surface area (Å²) >= 11 is 0. The Morgan fingerprint density at radius 1 is 1.28 bits per heavy atom. The van der Waals surface area contributed by atoms with E-state index in [4.69, 9.17) is 5.73 Å². The predicted octanol–water partition coefficient (Wildman–Crippen LogP) is 2.64. The molecule has 1 fully saturated rings. The van der Waals surface area contributed by atoms with Crippen LogP contribution in [0.25, 0.3) is 0 Å². The minimum Gasteiger partial charge on any atom is -0.384 e. The van der Waals surface area contributed by atoms with Crippen molar-refractivity contribution in [2.45, 2.75) is 46.5 Å². The monoisotopic (exact) mass is 248 g/mol. The van der Waals surface area contributed by atoms with Crippen LogP contribution in [0.4, 0.5) is 11.6 Å². The maximum atomic E-state index is 5.86. The van der Waals surface area contributed by atoms with Crippen LogP contribution in [0, 0.1) is 5.41 Å². The van der Waals surface area contributed by atoms with Gasteiger partial charge >= 0.3 is 0 Å². The zero-order valence-electron chi connectivity index (χ0n) is 11.7. The van der Waals surface area contributed by atoms with Gasteiger partial charge in [0, 0.05) is 25.6 Å². The normalized spacial score (nSPS) is 18.3. The molecule has 2 rings (SSSR count). The van der Waals surface area contributed by atoms with Gasteiger partial charge in [-0.3, -0.25) is 0 Å². The summed E-state index contributed by atoms with van der Waals surface area (Å²) in [5.41, 5.74) is 6.32. The quantitative estimate of drug-likeness (QED) is 0.890. The minimum absolute atomic E-state index is 0.464. The van der Waals surface area contributed by atoms with Gasteiger partial charge in [-0.15, -0.1) is 0 Å². The number of nitrogens with two attached hydrogens (primary N) is 1. The molecular formula is C14H24N4. The first-order chi connectivity index (χ1) is 8.62. The molecule has 0 atom stereocenters. The van der Waals surface area contributed by atoms with Crippen molar-refractivity contribution in [3.05, 3.63) is 11.9 Å². The van der Waals surface area contributed by atoms with Crippen LogP contribution in [-0.4, -0.2) is 23.1 Å². The molecule has 100 valence electrons. The van der Waals surface area contributed by atoms with Gasteiger partial charge in [0.15, 0.2) is 0 Å². The average Bonchev–Trinajstić information content (AvgIpc) is 2.83. The molecule has 0 aromatic carbocycles. The van der Waals surface area contributed by atoms with Crippen LogP contribution >= 0.6 is 0 Å². The van der Waals surface area contributed by atoms with E-state index in [0.29, 0.717) is 11.2 Å². The SMILES string of the molecule is CCc1nc(N)cc(N2CCC(CC)(CC)C2)n1. The Hall–Kier alpha value is -1.32. The van der Waals surface area contributed by atoms with Crippen LogP contribution < -0.4 is 10.6 Å². The Morgan fingerprint density at radius 3 is 2.56 bits per heavy atom. The summed E-state index contributed by atoms with van der Waals surface area (Å²) in [6, 6.07) is 1.90. The van der Waals surface area contributed by atoms with E-state index >= 15 is 0 Å². The molecule has 1 saturated heterocycles. The molecule has 0 aliphatic carbocycles. The zero-order chi connectivity index (χ0) is 13.2. The second-order valence-electron chi connectivity index (χ2n) is 5.30. The molecule has 0 spiro atoms. The fourth-order valence-electron chi connectivity index (χ4n) is 2.78. The second kappa shape index (κ2) is 5.12. The van der Waals surface area contributed by atoms with E-state index in [1.807, 2.05) is 6.07 Å². The highest BCUT2D eigenvalue weighted by Gasteiger charge is 2.35. The van der Waals surface area contributed by atoms with E-state index in [0.717, 1.165) is 31.2 Å². The van der Waals surface area contributed by atoms with Crippen molar-refractivity contribution < 1.29 is 0 Å². The summed E-state index contributed by atoms with van der Waals surface area (Å²) in [6.07, 6.45) is 4.56. The van der Waals surface area contributed by atoms with Crippen molar-refractivity contribution in [2.24, 2.45) is 5.41 Å². The zero-order valence-corrected chi connectivity index (χ0v) is 11.7. The third-order valence-electron chi connectivity index (χ3n) is 4.36. The Bertz CT molecular complexity index is 412. The van der Waals surface area contributed by atoms with E-state index < -0.39 is 0 Å². The molecule has 1 aromatic rings. The number of rotatable bonds is 4. The molecule has 2 N–H and O–H groups in total. The van der Waals surface area contributed by atoms with E-state index in [-0.39, 0.29) is 0 Å². The van der Waals surface area contributed by atoms with Gasteiger partial charge in [0.1, 0.15) is 17.5 Å². The van der Waals surface area contributed by atoms with E-state index in [1.54, 1.807) is 0 Å². The van der Waals surface area contributed by atoms with E-state index in [2.05, 4.69) is 35.6 Å². The standard InChI is InChI=1S/C14H24N4/c1-4-12-16-11(15)9-13(17-12)18-8-7-14(5-2,6-3)10-18/h9H,4-8,10H2,1-3H3,(H2,15,16,17). The Kier molecular flexibility index (Phi) is 3.73. The van der Waals surface area contributed by atoms with Crippen molar-refractivity contribution >= 4 is 11.6 Å². The Morgan fingerprint density at radius 2 is 2.00 bits per heavy atom. The number of hydrogen-bond acceptors (Lipinski definition) is 4. The van der Waals surface area contributed by atoms with Crippen molar-refractivity contribution in [1.82, 2.24) is 9.97 Å². The predicted molar refractivity (Wildman–Crippen MR) is 75.7 cm³/mol. The number of aromatic nitrogens is 2. The van der Waals surface area contributed by atoms with Gasteiger partial charge in [0.05, 0.1) is 0 Å². The Balaban J connectivity index is 2.21. The molecule has 0 unspecified atom stereocenters. The molecule has 0 saturated carbocycles. The third kappa shape index (κ3) is 2.42. The lowest BCUT2D eigenvalue weighted by Crippen LogP contribution is -2.27. The van der Waals surface area contributed by atoms with E-state index in [1.165, 1.54) is 19.3 Å². The number of aryl methyl sites for hydroxylation is 1. The Labute approximate surface area is 110 Å². The van der Waals surface area contributed by atoms with Crippen LogP contribution in [0.3, 0.4) is 0 Å². The van der Waals surface area contributed by atoms with Gasteiger partial charge in [-0.05, 0) is 24.7 Å². The molecule has 1 aliphatic rings. The highest BCUT2D eigenvalue weighted by atomic mass is 15.2. The summed E-state index contributed by atoms with van der Waals surface area (Å²) in [4.78, 5) is 11.2. The molecule has 0 amide bonds. The summed E-state index contributed by atoms with van der Waals surface area (Å²) < 4.78 is 0. The van der Waals surface area contributed by atoms with Crippen molar-refractivity contribution in [3.8, 4) is 0 Å². The molecular weight excluding hydrogens is 224 g/mol. The highest BCUT2D eigenvalue weighted by Crippen LogP contribution is 2.38. The molecule has 0 bridgehead atoms. The van der Waals surface area contributed by atoms with Gasteiger partial charge < -0.3 is 10.6 Å². The molecule has 0 radical (unpaired) electrons. The van der Waals surface area contributed by atoms with Gasteiger partial charge in [0.25, 0.3) is 0 Å². The lowest BCUT2D eigenvalue weighted by Gasteiger charge is -2.26. The lowest BCUT2D eigenvalue weighted by molar-refractivity contribution is 0.301. The van der Waals surface area contributed by atoms with Crippen molar-refractivity contribution in [3.63, 3.8) is 0 Å². The maximum absolute atomic E-state index is 5.86. The van der Waals surface area contributed by atoms with Crippen LogP contribution in [-0.2, 0) is 6.42 Å². The fraction of sp³-hybridized carbons (Fsp3) is 0.714. The largest absolute Gasteiger partial charge is 0.384 e. The van der Waals surface area contributed by atoms with Gasteiger partial charge in [-0.2, -0.15) is 0 Å². The van der Waals surface area contributed by atoms with Gasteiger partial charge in [-0.25, -0.2) is 9.97 Å². The van der Waals surface area contributed by atoms with Crippen LogP contribution in [0.15, 0.2) is 6.07 Å². The third-order valence-corrected chi connectivity index (χ3v) is 4.36. The summed E-state index contributed by atoms with van der Waals surface area (Å²) in [7, 11) is 0. The molecule has 4 nitrogen and oxygen atoms in total. The number of hydrogen-bond donors (Lipinski definition) is 1. The summed E-state index contributed by atoms with van der Waals surface area (Å²) in [5.74, 6) is 2.43. The molecule has 18 heavy (non-hydrogen) atoms. The maximum Gasteiger partial charge on any atom is 0.134 e. The van der Waals surface area contributed by atoms with Crippen LogP contribution in [0.5, 0.6) is 0 Å². The topological polar surface area (TPSA) is 55.0 Å². The first-order valence-corrected chi connectivity index (χ1v) is 7.01. The smallest absolute Gasteiger partial charge is 0.134 e. The van der Waals surface area contributed by atoms with Crippen molar-refractivity contribution in [2.75, 3.05) is 23.7 Å². The highest BCUT2D eigenvalue weighted by molar-refractivity contribution is 5.48. The number of anilines is 2. The second-order valence-corrected chi connectivity index (χ2v) is 5.30. The molecule has 1 aliphatic heterocycles. The van der Waals surface area contributed by atoms with Gasteiger partial charge in [-0.1, -0.05) is 20.8 Å². The van der Waals surface area contributed by atoms with Crippen LogP contribution in [0.2, 0.25) is 0 Å². The van der Waals surface area contributed by atoms with Crippen molar-refractivity contribution in [1.29, 1.82) is 0 Å². The molecule has 4 heteroatoms. The molecule has 2 heterocycles. The first-order valence-electron chi connectivity index (χ1n) is 7.01. The number of nitrogens with zero attached hydrogens (tertiary/aromatic N) is 3. The van der Waals surface area contributed by atoms with Gasteiger partial charge in [0.2, 0.25) is 0 Å². The first kappa shape index (κ1) is 13.1. The fourth-order valence-corrected chi connectivity index (χ4v) is 2.78. The number of nitrogen functional groups attached to an aromatic ring is 1. The molecule has 1 aromatic heterocycles. The van der Waals surface area contributed by atoms with E-state index in [9.17, 15) is 0 Å². The summed E-state index contributed by atoms with van der Waals surface area (Å²) in [6.45, 7) is 8.82. The average molecular weight is 248 g/mol.